The SMILES string of the molecule is CNC(C(=O)NCc1ccco1)C(C)C. The van der Waals surface area contributed by atoms with Gasteiger partial charge in [0.2, 0.25) is 5.91 Å². The van der Waals surface area contributed by atoms with E-state index in [-0.39, 0.29) is 17.9 Å². The lowest BCUT2D eigenvalue weighted by Crippen LogP contribution is -2.45. The molecule has 1 amide bonds. The zero-order valence-corrected chi connectivity index (χ0v) is 9.41. The van der Waals surface area contributed by atoms with Crippen molar-refractivity contribution in [1.82, 2.24) is 10.6 Å². The Morgan fingerprint density at radius 3 is 2.73 bits per heavy atom. The largest absolute Gasteiger partial charge is 0.467 e. The fraction of sp³-hybridized carbons (Fsp3) is 0.545. The number of furan rings is 1. The van der Waals surface area contributed by atoms with E-state index in [4.69, 9.17) is 4.42 Å². The highest BCUT2D eigenvalue weighted by Gasteiger charge is 2.19. The monoisotopic (exact) mass is 210 g/mol. The Bertz CT molecular complexity index is 294. The molecule has 1 aromatic rings. The van der Waals surface area contributed by atoms with E-state index < -0.39 is 0 Å². The van der Waals surface area contributed by atoms with Gasteiger partial charge in [-0.05, 0) is 25.1 Å². The fourth-order valence-corrected chi connectivity index (χ4v) is 1.46. The summed E-state index contributed by atoms with van der Waals surface area (Å²) < 4.78 is 5.12. The minimum atomic E-state index is -0.153. The van der Waals surface area contributed by atoms with E-state index in [0.29, 0.717) is 6.54 Å². The Balaban J connectivity index is 2.41. The van der Waals surface area contributed by atoms with Crippen molar-refractivity contribution in [3.8, 4) is 0 Å². The van der Waals surface area contributed by atoms with Gasteiger partial charge in [-0.1, -0.05) is 13.8 Å². The summed E-state index contributed by atoms with van der Waals surface area (Å²) in [4.78, 5) is 11.7. The summed E-state index contributed by atoms with van der Waals surface area (Å²) in [7, 11) is 1.79. The molecule has 1 atom stereocenters. The van der Waals surface area contributed by atoms with Gasteiger partial charge in [-0.2, -0.15) is 0 Å². The molecule has 4 heteroatoms. The molecule has 0 aliphatic heterocycles. The maximum absolute atomic E-state index is 11.7. The molecule has 84 valence electrons. The first kappa shape index (κ1) is 11.8. The zero-order chi connectivity index (χ0) is 11.3. The van der Waals surface area contributed by atoms with E-state index in [2.05, 4.69) is 10.6 Å². The van der Waals surface area contributed by atoms with Gasteiger partial charge < -0.3 is 15.1 Å². The third-order valence-electron chi connectivity index (χ3n) is 2.28. The summed E-state index contributed by atoms with van der Waals surface area (Å²) in [5.41, 5.74) is 0. The van der Waals surface area contributed by atoms with E-state index in [9.17, 15) is 4.79 Å². The maximum atomic E-state index is 11.7. The summed E-state index contributed by atoms with van der Waals surface area (Å²) in [6.07, 6.45) is 1.60. The maximum Gasteiger partial charge on any atom is 0.237 e. The smallest absolute Gasteiger partial charge is 0.237 e. The van der Waals surface area contributed by atoms with Gasteiger partial charge in [0.1, 0.15) is 5.76 Å². The lowest BCUT2D eigenvalue weighted by atomic mass is 10.0. The number of hydrogen-bond donors (Lipinski definition) is 2. The first-order valence-electron chi connectivity index (χ1n) is 5.12. The summed E-state index contributed by atoms with van der Waals surface area (Å²) in [6, 6.07) is 3.49. The average molecular weight is 210 g/mol. The van der Waals surface area contributed by atoms with Gasteiger partial charge in [-0.3, -0.25) is 4.79 Å². The molecule has 0 saturated heterocycles. The van der Waals surface area contributed by atoms with Gasteiger partial charge in [-0.15, -0.1) is 0 Å². The van der Waals surface area contributed by atoms with Crippen molar-refractivity contribution < 1.29 is 9.21 Å². The van der Waals surface area contributed by atoms with E-state index in [1.165, 1.54) is 0 Å². The number of nitrogens with one attached hydrogen (secondary N) is 2. The second-order valence-electron chi connectivity index (χ2n) is 3.81. The van der Waals surface area contributed by atoms with Gasteiger partial charge in [-0.25, -0.2) is 0 Å². The third-order valence-corrected chi connectivity index (χ3v) is 2.28. The van der Waals surface area contributed by atoms with E-state index in [1.54, 1.807) is 19.4 Å². The van der Waals surface area contributed by atoms with Crippen molar-refractivity contribution in [2.75, 3.05) is 7.05 Å². The van der Waals surface area contributed by atoms with Crippen molar-refractivity contribution in [3.05, 3.63) is 24.2 Å². The molecular weight excluding hydrogens is 192 g/mol. The van der Waals surface area contributed by atoms with Crippen LogP contribution in [0.5, 0.6) is 0 Å². The van der Waals surface area contributed by atoms with Gasteiger partial charge in [0, 0.05) is 0 Å². The van der Waals surface area contributed by atoms with Crippen LogP contribution in [0.15, 0.2) is 22.8 Å². The lowest BCUT2D eigenvalue weighted by molar-refractivity contribution is -0.124. The molecule has 1 rings (SSSR count). The first-order valence-corrected chi connectivity index (χ1v) is 5.12. The molecule has 0 spiro atoms. The van der Waals surface area contributed by atoms with E-state index >= 15 is 0 Å². The quantitative estimate of drug-likeness (QED) is 0.766. The molecular formula is C11H18N2O2. The number of carbonyl (C=O) groups excluding carboxylic acids is 1. The molecule has 0 radical (unpaired) electrons. The van der Waals surface area contributed by atoms with Crippen LogP contribution in [0.4, 0.5) is 0 Å². The van der Waals surface area contributed by atoms with Crippen molar-refractivity contribution >= 4 is 5.91 Å². The van der Waals surface area contributed by atoms with Gasteiger partial charge in [0.05, 0.1) is 18.8 Å². The standard InChI is InChI=1S/C11H18N2O2/c1-8(2)10(12-3)11(14)13-7-9-5-4-6-15-9/h4-6,8,10,12H,7H2,1-3H3,(H,13,14). The van der Waals surface area contributed by atoms with Gasteiger partial charge in [0.15, 0.2) is 0 Å². The molecule has 0 bridgehead atoms. The Labute approximate surface area is 90.0 Å². The van der Waals surface area contributed by atoms with Crippen LogP contribution in [0.2, 0.25) is 0 Å². The van der Waals surface area contributed by atoms with Crippen molar-refractivity contribution in [2.45, 2.75) is 26.4 Å². The normalized spacial score (nSPS) is 12.8. The van der Waals surface area contributed by atoms with Crippen LogP contribution in [-0.2, 0) is 11.3 Å². The number of carbonyl (C=O) groups is 1. The molecule has 0 aliphatic rings. The molecule has 0 saturated carbocycles. The highest BCUT2D eigenvalue weighted by molar-refractivity contribution is 5.81. The van der Waals surface area contributed by atoms with Gasteiger partial charge in [0.25, 0.3) is 0 Å². The second kappa shape index (κ2) is 5.56. The fourth-order valence-electron chi connectivity index (χ4n) is 1.46. The molecule has 1 heterocycles. The van der Waals surface area contributed by atoms with Crippen LogP contribution in [-0.4, -0.2) is 19.0 Å². The summed E-state index contributed by atoms with van der Waals surface area (Å²) >= 11 is 0. The molecule has 1 aromatic heterocycles. The molecule has 0 aliphatic carbocycles. The van der Waals surface area contributed by atoms with Crippen molar-refractivity contribution in [1.29, 1.82) is 0 Å². The lowest BCUT2D eigenvalue weighted by Gasteiger charge is -2.18. The predicted octanol–water partition coefficient (Wildman–Crippen LogP) is 1.14. The number of hydrogen-bond acceptors (Lipinski definition) is 3. The molecule has 0 aromatic carbocycles. The van der Waals surface area contributed by atoms with Crippen LogP contribution in [0.3, 0.4) is 0 Å². The minimum Gasteiger partial charge on any atom is -0.467 e. The Hall–Kier alpha value is -1.29. The van der Waals surface area contributed by atoms with Gasteiger partial charge >= 0.3 is 0 Å². The molecule has 2 N–H and O–H groups in total. The van der Waals surface area contributed by atoms with E-state index in [0.717, 1.165) is 5.76 Å². The zero-order valence-electron chi connectivity index (χ0n) is 9.41. The van der Waals surface area contributed by atoms with E-state index in [1.807, 2.05) is 19.9 Å². The molecule has 1 unspecified atom stereocenters. The Morgan fingerprint density at radius 2 is 2.27 bits per heavy atom. The molecule has 15 heavy (non-hydrogen) atoms. The summed E-state index contributed by atoms with van der Waals surface area (Å²) in [5, 5.41) is 5.81. The van der Waals surface area contributed by atoms with Crippen molar-refractivity contribution in [3.63, 3.8) is 0 Å². The summed E-state index contributed by atoms with van der Waals surface area (Å²) in [6.45, 7) is 4.46. The molecule has 4 nitrogen and oxygen atoms in total. The first-order chi connectivity index (χ1) is 7.15. The third kappa shape index (κ3) is 3.40. The number of amides is 1. The van der Waals surface area contributed by atoms with Crippen LogP contribution >= 0.6 is 0 Å². The molecule has 0 fully saturated rings. The number of likely N-dealkylation sites (N-methyl/N-ethyl adjacent to an activating group) is 1. The Kier molecular flexibility index (Phi) is 4.37. The highest BCUT2D eigenvalue weighted by Crippen LogP contribution is 2.03. The number of rotatable bonds is 5. The van der Waals surface area contributed by atoms with Crippen LogP contribution < -0.4 is 10.6 Å². The van der Waals surface area contributed by atoms with Crippen molar-refractivity contribution in [2.24, 2.45) is 5.92 Å². The topological polar surface area (TPSA) is 54.3 Å². The van der Waals surface area contributed by atoms with Crippen LogP contribution in [0.25, 0.3) is 0 Å². The minimum absolute atomic E-state index is 0.00361. The average Bonchev–Trinajstić information content (AvgIpc) is 2.67. The second-order valence-corrected chi connectivity index (χ2v) is 3.81. The van der Waals surface area contributed by atoms with Crippen LogP contribution in [0.1, 0.15) is 19.6 Å². The highest BCUT2D eigenvalue weighted by atomic mass is 16.3. The predicted molar refractivity (Wildman–Crippen MR) is 58.2 cm³/mol. The summed E-state index contributed by atoms with van der Waals surface area (Å²) in [5.74, 6) is 1.04. The van der Waals surface area contributed by atoms with Crippen LogP contribution in [0, 0.1) is 5.92 Å². The Morgan fingerprint density at radius 1 is 1.53 bits per heavy atom.